The number of rotatable bonds is 3. The molecule has 0 amide bonds. The van der Waals surface area contributed by atoms with E-state index in [1.165, 1.54) is 13.0 Å². The van der Waals surface area contributed by atoms with Gasteiger partial charge in [-0.3, -0.25) is 0 Å². The highest BCUT2D eigenvalue weighted by Crippen LogP contribution is 2.17. The third-order valence-electron chi connectivity index (χ3n) is 2.97. The summed E-state index contributed by atoms with van der Waals surface area (Å²) in [7, 11) is 0. The molecule has 1 aliphatic rings. The molecule has 1 saturated heterocycles. The van der Waals surface area contributed by atoms with Crippen LogP contribution in [0.1, 0.15) is 33.6 Å². The Hall–Kier alpha value is -0.0800. The van der Waals surface area contributed by atoms with Crippen molar-refractivity contribution < 1.29 is 5.11 Å². The minimum atomic E-state index is -0.0599. The number of hydrogen-bond acceptors (Lipinski definition) is 2. The summed E-state index contributed by atoms with van der Waals surface area (Å²) >= 11 is 0. The van der Waals surface area contributed by atoms with Crippen molar-refractivity contribution in [2.45, 2.75) is 39.7 Å². The van der Waals surface area contributed by atoms with E-state index in [0.717, 1.165) is 25.4 Å². The smallest absolute Gasteiger partial charge is 0.0590 e. The van der Waals surface area contributed by atoms with Crippen molar-refractivity contribution in [1.82, 2.24) is 4.90 Å². The summed E-state index contributed by atoms with van der Waals surface area (Å²) in [5, 5.41) is 9.55. The zero-order chi connectivity index (χ0) is 9.84. The maximum atomic E-state index is 9.55. The summed E-state index contributed by atoms with van der Waals surface area (Å²) in [6.07, 6.45) is 2.18. The molecule has 0 radical (unpaired) electrons. The first-order chi connectivity index (χ1) is 6.09. The van der Waals surface area contributed by atoms with E-state index in [1.54, 1.807) is 0 Å². The normalized spacial score (nSPS) is 31.2. The molecule has 1 rings (SSSR count). The Morgan fingerprint density at radius 3 is 2.69 bits per heavy atom. The number of aliphatic hydroxyl groups excluding tert-OH is 1. The Morgan fingerprint density at radius 2 is 2.15 bits per heavy atom. The van der Waals surface area contributed by atoms with Crippen LogP contribution in [-0.4, -0.2) is 35.7 Å². The topological polar surface area (TPSA) is 23.5 Å². The Labute approximate surface area is 81.9 Å². The van der Waals surface area contributed by atoms with Crippen LogP contribution < -0.4 is 0 Å². The van der Waals surface area contributed by atoms with Gasteiger partial charge in [0.05, 0.1) is 6.10 Å². The first kappa shape index (κ1) is 11.0. The standard InChI is InChI=1S/C11H23NO/c1-9(2)4-6-12-7-5-11(13)10(3)8-12/h9-11,13H,4-8H2,1-3H3/t10-,11+/m1/s1. The molecule has 0 aromatic rings. The van der Waals surface area contributed by atoms with Crippen LogP contribution in [0, 0.1) is 11.8 Å². The maximum Gasteiger partial charge on any atom is 0.0590 e. The van der Waals surface area contributed by atoms with Gasteiger partial charge in [-0.05, 0) is 31.2 Å². The average Bonchev–Trinajstić information content (AvgIpc) is 2.07. The first-order valence-corrected chi connectivity index (χ1v) is 5.50. The first-order valence-electron chi connectivity index (χ1n) is 5.50. The summed E-state index contributed by atoms with van der Waals surface area (Å²) in [6.45, 7) is 10.0. The van der Waals surface area contributed by atoms with E-state index in [0.29, 0.717) is 5.92 Å². The Kier molecular flexibility index (Phi) is 4.20. The molecule has 13 heavy (non-hydrogen) atoms. The highest BCUT2D eigenvalue weighted by atomic mass is 16.3. The molecule has 0 aromatic heterocycles. The fourth-order valence-corrected chi connectivity index (χ4v) is 1.86. The Bertz CT molecular complexity index is 147. The average molecular weight is 185 g/mol. The van der Waals surface area contributed by atoms with Crippen LogP contribution in [0.5, 0.6) is 0 Å². The predicted molar refractivity (Wildman–Crippen MR) is 55.7 cm³/mol. The zero-order valence-electron chi connectivity index (χ0n) is 9.16. The lowest BCUT2D eigenvalue weighted by Crippen LogP contribution is -2.42. The molecular weight excluding hydrogens is 162 g/mol. The Morgan fingerprint density at radius 1 is 1.46 bits per heavy atom. The maximum absolute atomic E-state index is 9.55. The van der Waals surface area contributed by atoms with Crippen LogP contribution in [0.3, 0.4) is 0 Å². The van der Waals surface area contributed by atoms with Gasteiger partial charge in [-0.25, -0.2) is 0 Å². The van der Waals surface area contributed by atoms with Crippen molar-refractivity contribution in [3.05, 3.63) is 0 Å². The molecule has 2 atom stereocenters. The molecule has 1 fully saturated rings. The third-order valence-corrected chi connectivity index (χ3v) is 2.97. The van der Waals surface area contributed by atoms with Crippen molar-refractivity contribution in [2.24, 2.45) is 11.8 Å². The van der Waals surface area contributed by atoms with E-state index < -0.39 is 0 Å². The number of likely N-dealkylation sites (tertiary alicyclic amines) is 1. The van der Waals surface area contributed by atoms with E-state index in [1.807, 2.05) is 0 Å². The quantitative estimate of drug-likeness (QED) is 0.724. The van der Waals surface area contributed by atoms with Crippen LogP contribution in [0.25, 0.3) is 0 Å². The molecule has 1 heterocycles. The molecule has 78 valence electrons. The van der Waals surface area contributed by atoms with Gasteiger partial charge in [0.25, 0.3) is 0 Å². The summed E-state index contributed by atoms with van der Waals surface area (Å²) in [5.41, 5.74) is 0. The predicted octanol–water partition coefficient (Wildman–Crippen LogP) is 1.74. The molecule has 0 unspecified atom stereocenters. The van der Waals surface area contributed by atoms with Crippen LogP contribution in [0.2, 0.25) is 0 Å². The van der Waals surface area contributed by atoms with E-state index in [9.17, 15) is 5.11 Å². The van der Waals surface area contributed by atoms with Crippen molar-refractivity contribution in [3.8, 4) is 0 Å². The van der Waals surface area contributed by atoms with Crippen molar-refractivity contribution in [1.29, 1.82) is 0 Å². The summed E-state index contributed by atoms with van der Waals surface area (Å²) in [5.74, 6) is 1.25. The molecule has 1 N–H and O–H groups in total. The highest BCUT2D eigenvalue weighted by Gasteiger charge is 2.23. The van der Waals surface area contributed by atoms with Crippen molar-refractivity contribution in [3.63, 3.8) is 0 Å². The van der Waals surface area contributed by atoms with Gasteiger partial charge < -0.3 is 10.0 Å². The van der Waals surface area contributed by atoms with Gasteiger partial charge in [0.2, 0.25) is 0 Å². The van der Waals surface area contributed by atoms with Gasteiger partial charge in [0.1, 0.15) is 0 Å². The van der Waals surface area contributed by atoms with Crippen molar-refractivity contribution >= 4 is 0 Å². The van der Waals surface area contributed by atoms with Crippen LogP contribution in [0.15, 0.2) is 0 Å². The lowest BCUT2D eigenvalue weighted by atomic mass is 9.96. The van der Waals surface area contributed by atoms with Gasteiger partial charge in [-0.1, -0.05) is 20.8 Å². The second-order valence-electron chi connectivity index (χ2n) is 4.82. The molecule has 2 nitrogen and oxygen atoms in total. The van der Waals surface area contributed by atoms with Crippen molar-refractivity contribution in [2.75, 3.05) is 19.6 Å². The van der Waals surface area contributed by atoms with Crippen LogP contribution in [0.4, 0.5) is 0 Å². The number of hydrogen-bond donors (Lipinski definition) is 1. The number of piperidine rings is 1. The molecule has 0 bridgehead atoms. The minimum absolute atomic E-state index is 0.0599. The SMILES string of the molecule is CC(C)CCN1CC[C@H](O)[C@H](C)C1. The summed E-state index contributed by atoms with van der Waals surface area (Å²) in [6, 6.07) is 0. The number of aliphatic hydroxyl groups is 1. The fourth-order valence-electron chi connectivity index (χ4n) is 1.86. The largest absolute Gasteiger partial charge is 0.393 e. The van der Waals surface area contributed by atoms with Gasteiger partial charge in [-0.15, -0.1) is 0 Å². The molecule has 1 aliphatic heterocycles. The monoisotopic (exact) mass is 185 g/mol. The van der Waals surface area contributed by atoms with Gasteiger partial charge >= 0.3 is 0 Å². The molecule has 2 heteroatoms. The van der Waals surface area contributed by atoms with Gasteiger partial charge in [-0.2, -0.15) is 0 Å². The molecule has 0 aliphatic carbocycles. The minimum Gasteiger partial charge on any atom is -0.393 e. The van der Waals surface area contributed by atoms with E-state index in [4.69, 9.17) is 0 Å². The second-order valence-corrected chi connectivity index (χ2v) is 4.82. The van der Waals surface area contributed by atoms with E-state index in [-0.39, 0.29) is 6.10 Å². The molecule has 0 aromatic carbocycles. The lowest BCUT2D eigenvalue weighted by molar-refractivity contribution is 0.0336. The second kappa shape index (κ2) is 4.97. The third kappa shape index (κ3) is 3.65. The Balaban J connectivity index is 2.21. The van der Waals surface area contributed by atoms with Gasteiger partial charge in [0, 0.05) is 13.1 Å². The summed E-state index contributed by atoms with van der Waals surface area (Å²) < 4.78 is 0. The molecular formula is C11H23NO. The van der Waals surface area contributed by atoms with Gasteiger partial charge in [0.15, 0.2) is 0 Å². The number of nitrogens with zero attached hydrogens (tertiary/aromatic N) is 1. The summed E-state index contributed by atoms with van der Waals surface area (Å²) in [4.78, 5) is 2.48. The van der Waals surface area contributed by atoms with Crippen LogP contribution in [-0.2, 0) is 0 Å². The van der Waals surface area contributed by atoms with E-state index >= 15 is 0 Å². The highest BCUT2D eigenvalue weighted by molar-refractivity contribution is 4.76. The van der Waals surface area contributed by atoms with Crippen LogP contribution >= 0.6 is 0 Å². The van der Waals surface area contributed by atoms with E-state index in [2.05, 4.69) is 25.7 Å². The fraction of sp³-hybridized carbons (Fsp3) is 1.00. The molecule has 0 saturated carbocycles. The lowest BCUT2D eigenvalue weighted by Gasteiger charge is -2.34. The zero-order valence-corrected chi connectivity index (χ0v) is 9.16. The molecule has 0 spiro atoms.